The molecule has 2 aromatic heterocycles. The maximum atomic E-state index is 12.2. The molecule has 1 atom stereocenters. The summed E-state index contributed by atoms with van der Waals surface area (Å²) >= 11 is 0. The fourth-order valence-electron chi connectivity index (χ4n) is 5.88. The fourth-order valence-corrected chi connectivity index (χ4v) is 5.88. The smallest absolute Gasteiger partial charge is 0.220 e. The molecule has 2 saturated carbocycles. The van der Waals surface area contributed by atoms with Crippen LogP contribution in [0.4, 0.5) is 0 Å². The summed E-state index contributed by atoms with van der Waals surface area (Å²) in [5.74, 6) is 1.02. The summed E-state index contributed by atoms with van der Waals surface area (Å²) in [4.78, 5) is 19.8. The maximum absolute atomic E-state index is 12.2. The van der Waals surface area contributed by atoms with Crippen LogP contribution in [-0.2, 0) is 11.2 Å². The van der Waals surface area contributed by atoms with Crippen LogP contribution >= 0.6 is 0 Å². The summed E-state index contributed by atoms with van der Waals surface area (Å²) in [6, 6.07) is 3.05. The quantitative estimate of drug-likeness (QED) is 0.684. The fraction of sp³-hybridized carbons (Fsp3) is 0.731. The molecular formula is C26H39N5O. The van der Waals surface area contributed by atoms with Crippen molar-refractivity contribution < 1.29 is 4.79 Å². The lowest BCUT2D eigenvalue weighted by Gasteiger charge is -2.38. The van der Waals surface area contributed by atoms with Gasteiger partial charge in [-0.3, -0.25) is 9.69 Å². The number of rotatable bonds is 7. The zero-order valence-electron chi connectivity index (χ0n) is 19.9. The van der Waals surface area contributed by atoms with Crippen LogP contribution in [0.15, 0.2) is 6.07 Å². The third-order valence-electron chi connectivity index (χ3n) is 7.90. The van der Waals surface area contributed by atoms with Gasteiger partial charge >= 0.3 is 0 Å². The highest BCUT2D eigenvalue weighted by molar-refractivity contribution is 5.76. The lowest BCUT2D eigenvalue weighted by Crippen LogP contribution is -2.37. The second-order valence-corrected chi connectivity index (χ2v) is 10.5. The van der Waals surface area contributed by atoms with Gasteiger partial charge in [-0.05, 0) is 76.8 Å². The Kier molecular flexibility index (Phi) is 6.49. The third-order valence-corrected chi connectivity index (χ3v) is 7.90. The molecule has 5 rings (SSSR count). The highest BCUT2D eigenvalue weighted by Crippen LogP contribution is 2.34. The summed E-state index contributed by atoms with van der Waals surface area (Å²) in [5, 5.41) is 8.18. The van der Waals surface area contributed by atoms with Gasteiger partial charge in [0.15, 0.2) is 5.65 Å². The number of carbonyl (C=O) groups excluding carboxylic acids is 1. The molecule has 0 aromatic carbocycles. The van der Waals surface area contributed by atoms with Crippen molar-refractivity contribution in [1.29, 1.82) is 0 Å². The van der Waals surface area contributed by atoms with Gasteiger partial charge in [0, 0.05) is 36.5 Å². The van der Waals surface area contributed by atoms with Crippen LogP contribution in [0.25, 0.3) is 5.65 Å². The molecule has 1 aliphatic heterocycles. The molecule has 1 N–H and O–H groups in total. The minimum atomic E-state index is 0.160. The Morgan fingerprint density at radius 1 is 1.06 bits per heavy atom. The van der Waals surface area contributed by atoms with E-state index in [1.165, 1.54) is 75.7 Å². The molecule has 6 nitrogen and oxygen atoms in total. The second kappa shape index (κ2) is 9.50. The Hall–Kier alpha value is -1.95. The van der Waals surface area contributed by atoms with E-state index in [-0.39, 0.29) is 5.91 Å². The number of hydrogen-bond donors (Lipinski definition) is 1. The van der Waals surface area contributed by atoms with Gasteiger partial charge in [-0.25, -0.2) is 9.50 Å². The maximum Gasteiger partial charge on any atom is 0.220 e. The third kappa shape index (κ3) is 4.85. The average Bonchev–Trinajstić information content (AvgIpc) is 3.50. The van der Waals surface area contributed by atoms with E-state index >= 15 is 0 Å². The van der Waals surface area contributed by atoms with Crippen LogP contribution in [0.5, 0.6) is 0 Å². The van der Waals surface area contributed by atoms with Crippen molar-refractivity contribution >= 4 is 11.6 Å². The van der Waals surface area contributed by atoms with Crippen molar-refractivity contribution in [2.75, 3.05) is 13.1 Å². The number of carbonyl (C=O) groups is 1. The topological polar surface area (TPSA) is 62.5 Å². The molecule has 0 bridgehead atoms. The predicted octanol–water partition coefficient (Wildman–Crippen LogP) is 4.66. The first-order valence-electron chi connectivity index (χ1n) is 13.0. The monoisotopic (exact) mass is 437 g/mol. The molecule has 3 heterocycles. The van der Waals surface area contributed by atoms with Crippen molar-refractivity contribution in [2.24, 2.45) is 5.92 Å². The van der Waals surface area contributed by atoms with E-state index in [9.17, 15) is 4.79 Å². The standard InChI is InChI=1S/C26H39N5O/c1-18-22(13-14-26(32)28-21-11-12-21)19(2)31-25(27-18)16-23(29-31)24-10-6-7-15-30(24)17-20-8-4-3-5-9-20/h16,20-21,24H,3-15,17H2,1-2H3,(H,28,32)/t24-/m0/s1. The summed E-state index contributed by atoms with van der Waals surface area (Å²) in [5.41, 5.74) is 5.46. The van der Waals surface area contributed by atoms with E-state index in [4.69, 9.17) is 10.1 Å². The Balaban J connectivity index is 1.34. The zero-order valence-corrected chi connectivity index (χ0v) is 19.9. The number of aryl methyl sites for hydroxylation is 2. The van der Waals surface area contributed by atoms with E-state index in [0.717, 1.165) is 42.2 Å². The van der Waals surface area contributed by atoms with Gasteiger partial charge < -0.3 is 5.32 Å². The number of nitrogens with zero attached hydrogens (tertiary/aromatic N) is 4. The van der Waals surface area contributed by atoms with Crippen LogP contribution in [0.2, 0.25) is 0 Å². The van der Waals surface area contributed by atoms with E-state index in [0.29, 0.717) is 18.5 Å². The van der Waals surface area contributed by atoms with Crippen LogP contribution in [0.1, 0.15) is 99.3 Å². The number of fused-ring (bicyclic) bond motifs is 1. The summed E-state index contributed by atoms with van der Waals surface area (Å²) in [6.07, 6.45) is 14.3. The summed E-state index contributed by atoms with van der Waals surface area (Å²) < 4.78 is 2.03. The Bertz CT molecular complexity index is 957. The minimum absolute atomic E-state index is 0.160. The molecule has 6 heteroatoms. The zero-order chi connectivity index (χ0) is 22.1. The number of nitrogens with one attached hydrogen (secondary N) is 1. The molecule has 3 aliphatic rings. The molecule has 1 amide bonds. The molecule has 3 fully saturated rings. The van der Waals surface area contributed by atoms with Crippen LogP contribution in [0, 0.1) is 19.8 Å². The van der Waals surface area contributed by atoms with Crippen molar-refractivity contribution in [3.05, 3.63) is 28.7 Å². The number of aromatic nitrogens is 3. The highest BCUT2D eigenvalue weighted by atomic mass is 16.1. The largest absolute Gasteiger partial charge is 0.353 e. The van der Waals surface area contributed by atoms with Gasteiger partial charge in [0.05, 0.1) is 11.7 Å². The first kappa shape index (κ1) is 21.9. The first-order chi connectivity index (χ1) is 15.6. The summed E-state index contributed by atoms with van der Waals surface area (Å²) in [6.45, 7) is 6.63. The second-order valence-electron chi connectivity index (χ2n) is 10.5. The first-order valence-corrected chi connectivity index (χ1v) is 13.0. The number of likely N-dealkylation sites (tertiary alicyclic amines) is 1. The Morgan fingerprint density at radius 3 is 2.62 bits per heavy atom. The van der Waals surface area contributed by atoms with Gasteiger partial charge in [-0.2, -0.15) is 5.10 Å². The van der Waals surface area contributed by atoms with Crippen LogP contribution < -0.4 is 5.32 Å². The predicted molar refractivity (Wildman–Crippen MR) is 127 cm³/mol. The Labute approximate surface area is 192 Å². The lowest BCUT2D eigenvalue weighted by molar-refractivity contribution is -0.121. The van der Waals surface area contributed by atoms with Gasteiger partial charge in [0.25, 0.3) is 0 Å². The lowest BCUT2D eigenvalue weighted by atomic mass is 9.87. The molecule has 32 heavy (non-hydrogen) atoms. The molecular weight excluding hydrogens is 398 g/mol. The van der Waals surface area contributed by atoms with E-state index in [2.05, 4.69) is 30.1 Å². The van der Waals surface area contributed by atoms with Crippen molar-refractivity contribution in [3.8, 4) is 0 Å². The number of piperidine rings is 1. The number of hydrogen-bond acceptors (Lipinski definition) is 4. The average molecular weight is 438 g/mol. The van der Waals surface area contributed by atoms with Crippen molar-refractivity contribution in [1.82, 2.24) is 24.8 Å². The van der Waals surface area contributed by atoms with Gasteiger partial charge in [-0.15, -0.1) is 0 Å². The minimum Gasteiger partial charge on any atom is -0.353 e. The van der Waals surface area contributed by atoms with E-state index < -0.39 is 0 Å². The van der Waals surface area contributed by atoms with Gasteiger partial charge in [0.1, 0.15) is 0 Å². The normalized spacial score (nSPS) is 23.0. The molecule has 0 spiro atoms. The SMILES string of the molecule is Cc1nc2cc([C@@H]3CCCCN3CC3CCCCC3)nn2c(C)c1CCC(=O)NC1CC1. The molecule has 2 aliphatic carbocycles. The van der Waals surface area contributed by atoms with E-state index in [1.54, 1.807) is 0 Å². The van der Waals surface area contributed by atoms with E-state index in [1.807, 2.05) is 4.52 Å². The Morgan fingerprint density at radius 2 is 1.84 bits per heavy atom. The molecule has 0 radical (unpaired) electrons. The summed E-state index contributed by atoms with van der Waals surface area (Å²) in [7, 11) is 0. The van der Waals surface area contributed by atoms with Crippen molar-refractivity contribution in [3.63, 3.8) is 0 Å². The van der Waals surface area contributed by atoms with Crippen LogP contribution in [0.3, 0.4) is 0 Å². The molecule has 1 saturated heterocycles. The molecule has 174 valence electrons. The van der Waals surface area contributed by atoms with Crippen molar-refractivity contribution in [2.45, 2.75) is 103 Å². The molecule has 2 aromatic rings. The van der Waals surface area contributed by atoms with Gasteiger partial charge in [0.2, 0.25) is 5.91 Å². The number of amides is 1. The van der Waals surface area contributed by atoms with Crippen LogP contribution in [-0.4, -0.2) is 44.5 Å². The molecule has 0 unspecified atom stereocenters. The van der Waals surface area contributed by atoms with Gasteiger partial charge in [-0.1, -0.05) is 25.7 Å². The highest BCUT2D eigenvalue weighted by Gasteiger charge is 2.29.